The summed E-state index contributed by atoms with van der Waals surface area (Å²) in [5.74, 6) is 0. The molecule has 1 aromatic rings. The molecule has 1 unspecified atom stereocenters. The van der Waals surface area contributed by atoms with Crippen LogP contribution in [-0.2, 0) is 6.54 Å². The molecule has 2 nitrogen and oxygen atoms in total. The third kappa shape index (κ3) is 3.08. The lowest BCUT2D eigenvalue weighted by Crippen LogP contribution is -2.46. The molecule has 0 aromatic heterocycles. The van der Waals surface area contributed by atoms with Crippen LogP contribution in [0.2, 0.25) is 0 Å². The van der Waals surface area contributed by atoms with E-state index in [0.29, 0.717) is 6.04 Å². The van der Waals surface area contributed by atoms with Crippen molar-refractivity contribution in [3.8, 4) is 0 Å². The van der Waals surface area contributed by atoms with Gasteiger partial charge in [0.05, 0.1) is 0 Å². The first-order valence-corrected chi connectivity index (χ1v) is 6.93. The Labute approximate surface area is 104 Å². The summed E-state index contributed by atoms with van der Waals surface area (Å²) in [6.45, 7) is 3.61. The van der Waals surface area contributed by atoms with Crippen LogP contribution in [0.4, 0.5) is 0 Å². The van der Waals surface area contributed by atoms with Crippen molar-refractivity contribution in [2.24, 2.45) is 0 Å². The first-order chi connectivity index (χ1) is 8.42. The minimum atomic E-state index is 0.699. The Morgan fingerprint density at radius 2 is 1.94 bits per heavy atom. The van der Waals surface area contributed by atoms with Gasteiger partial charge in [0.25, 0.3) is 0 Å². The lowest BCUT2D eigenvalue weighted by Gasteiger charge is -2.33. The minimum Gasteiger partial charge on any atom is -0.309 e. The second kappa shape index (κ2) is 5.19. The van der Waals surface area contributed by atoms with E-state index >= 15 is 0 Å². The molecule has 17 heavy (non-hydrogen) atoms. The molecule has 0 spiro atoms. The number of rotatable bonds is 4. The zero-order valence-electron chi connectivity index (χ0n) is 10.4. The Morgan fingerprint density at radius 1 is 1.12 bits per heavy atom. The summed E-state index contributed by atoms with van der Waals surface area (Å²) in [6.07, 6.45) is 5.58. The van der Waals surface area contributed by atoms with E-state index in [0.717, 1.165) is 12.6 Å². The number of benzene rings is 1. The fourth-order valence-electron chi connectivity index (χ4n) is 2.80. The highest BCUT2D eigenvalue weighted by atomic mass is 15.2. The number of nitrogens with one attached hydrogen (secondary N) is 1. The van der Waals surface area contributed by atoms with E-state index in [2.05, 4.69) is 40.5 Å². The van der Waals surface area contributed by atoms with Crippen LogP contribution in [0.25, 0.3) is 0 Å². The smallest absolute Gasteiger partial charge is 0.0208 e. The van der Waals surface area contributed by atoms with E-state index < -0.39 is 0 Å². The zero-order chi connectivity index (χ0) is 11.5. The summed E-state index contributed by atoms with van der Waals surface area (Å²) in [6, 6.07) is 12.4. The fraction of sp³-hybridized carbons (Fsp3) is 0.600. The first-order valence-electron chi connectivity index (χ1n) is 6.93. The van der Waals surface area contributed by atoms with Crippen molar-refractivity contribution in [3.05, 3.63) is 35.9 Å². The van der Waals surface area contributed by atoms with Gasteiger partial charge in [0.15, 0.2) is 0 Å². The number of hydrogen-bond donors (Lipinski definition) is 1. The molecular formula is C15H22N2. The molecule has 1 atom stereocenters. The molecule has 2 heteroatoms. The molecule has 1 saturated heterocycles. The largest absolute Gasteiger partial charge is 0.309 e. The highest BCUT2D eigenvalue weighted by Crippen LogP contribution is 2.29. The van der Waals surface area contributed by atoms with Crippen LogP contribution in [0, 0.1) is 0 Å². The zero-order valence-corrected chi connectivity index (χ0v) is 10.4. The SMILES string of the molecule is c1ccc(CNC2CCCN(C3CC3)C2)cc1. The van der Waals surface area contributed by atoms with Gasteiger partial charge in [-0.05, 0) is 37.8 Å². The van der Waals surface area contributed by atoms with E-state index in [1.54, 1.807) is 0 Å². The number of piperidine rings is 1. The maximum Gasteiger partial charge on any atom is 0.0208 e. The van der Waals surface area contributed by atoms with Crippen LogP contribution in [-0.4, -0.2) is 30.1 Å². The van der Waals surface area contributed by atoms with Gasteiger partial charge in [-0.1, -0.05) is 30.3 Å². The third-order valence-corrected chi connectivity index (χ3v) is 3.95. The highest BCUT2D eigenvalue weighted by molar-refractivity contribution is 5.14. The van der Waals surface area contributed by atoms with Gasteiger partial charge in [-0.2, -0.15) is 0 Å². The molecule has 1 aliphatic heterocycles. The summed E-state index contributed by atoms with van der Waals surface area (Å²) in [4.78, 5) is 2.69. The van der Waals surface area contributed by atoms with Crippen LogP contribution in [0.5, 0.6) is 0 Å². The summed E-state index contributed by atoms with van der Waals surface area (Å²) in [7, 11) is 0. The van der Waals surface area contributed by atoms with Gasteiger partial charge in [-0.15, -0.1) is 0 Å². The average Bonchev–Trinajstić information content (AvgIpc) is 3.22. The lowest BCUT2D eigenvalue weighted by atomic mass is 10.1. The monoisotopic (exact) mass is 230 g/mol. The van der Waals surface area contributed by atoms with Crippen molar-refractivity contribution in [2.45, 2.75) is 44.3 Å². The van der Waals surface area contributed by atoms with Crippen LogP contribution >= 0.6 is 0 Å². The van der Waals surface area contributed by atoms with Gasteiger partial charge in [0.1, 0.15) is 0 Å². The van der Waals surface area contributed by atoms with Crippen molar-refractivity contribution in [3.63, 3.8) is 0 Å². The molecule has 1 heterocycles. The molecule has 2 fully saturated rings. The molecule has 92 valence electrons. The van der Waals surface area contributed by atoms with Crippen molar-refractivity contribution in [2.75, 3.05) is 13.1 Å². The third-order valence-electron chi connectivity index (χ3n) is 3.95. The minimum absolute atomic E-state index is 0.699. The Kier molecular flexibility index (Phi) is 3.44. The highest BCUT2D eigenvalue weighted by Gasteiger charge is 2.32. The Morgan fingerprint density at radius 3 is 2.71 bits per heavy atom. The standard InChI is InChI=1S/C15H22N2/c1-2-5-13(6-3-1)11-16-14-7-4-10-17(12-14)15-8-9-15/h1-3,5-6,14-16H,4,7-12H2. The average molecular weight is 230 g/mol. The maximum absolute atomic E-state index is 3.71. The Bertz CT molecular complexity index is 345. The molecule has 1 aromatic carbocycles. The summed E-state index contributed by atoms with van der Waals surface area (Å²) >= 11 is 0. The van der Waals surface area contributed by atoms with Gasteiger partial charge in [0, 0.05) is 25.2 Å². The lowest BCUT2D eigenvalue weighted by molar-refractivity contribution is 0.181. The maximum atomic E-state index is 3.71. The molecule has 0 amide bonds. The van der Waals surface area contributed by atoms with Gasteiger partial charge < -0.3 is 5.32 Å². The molecule has 0 radical (unpaired) electrons. The number of likely N-dealkylation sites (tertiary alicyclic amines) is 1. The van der Waals surface area contributed by atoms with Gasteiger partial charge in [-0.3, -0.25) is 4.90 Å². The topological polar surface area (TPSA) is 15.3 Å². The summed E-state index contributed by atoms with van der Waals surface area (Å²) in [5, 5.41) is 3.71. The van der Waals surface area contributed by atoms with E-state index in [-0.39, 0.29) is 0 Å². The van der Waals surface area contributed by atoms with E-state index in [1.165, 1.54) is 44.3 Å². The second-order valence-corrected chi connectivity index (χ2v) is 5.43. The van der Waals surface area contributed by atoms with Crippen LogP contribution in [0.15, 0.2) is 30.3 Å². The van der Waals surface area contributed by atoms with Crippen LogP contribution in [0.3, 0.4) is 0 Å². The molecular weight excluding hydrogens is 208 g/mol. The first kappa shape index (κ1) is 11.2. The number of nitrogens with zero attached hydrogens (tertiary/aromatic N) is 1. The summed E-state index contributed by atoms with van der Waals surface area (Å²) < 4.78 is 0. The van der Waals surface area contributed by atoms with Gasteiger partial charge in [0.2, 0.25) is 0 Å². The fourth-order valence-corrected chi connectivity index (χ4v) is 2.80. The Hall–Kier alpha value is -0.860. The van der Waals surface area contributed by atoms with Crippen molar-refractivity contribution < 1.29 is 0 Å². The van der Waals surface area contributed by atoms with Crippen molar-refractivity contribution in [1.82, 2.24) is 10.2 Å². The van der Waals surface area contributed by atoms with Gasteiger partial charge >= 0.3 is 0 Å². The number of hydrogen-bond acceptors (Lipinski definition) is 2. The Balaban J connectivity index is 1.48. The quantitative estimate of drug-likeness (QED) is 0.854. The second-order valence-electron chi connectivity index (χ2n) is 5.43. The van der Waals surface area contributed by atoms with Crippen molar-refractivity contribution in [1.29, 1.82) is 0 Å². The molecule has 1 N–H and O–H groups in total. The molecule has 1 aliphatic carbocycles. The summed E-state index contributed by atoms with van der Waals surface area (Å²) in [5.41, 5.74) is 1.40. The van der Waals surface area contributed by atoms with Crippen molar-refractivity contribution >= 4 is 0 Å². The van der Waals surface area contributed by atoms with Gasteiger partial charge in [-0.25, -0.2) is 0 Å². The molecule has 3 rings (SSSR count). The van der Waals surface area contributed by atoms with Crippen LogP contribution in [0.1, 0.15) is 31.2 Å². The molecule has 1 saturated carbocycles. The van der Waals surface area contributed by atoms with Crippen LogP contribution < -0.4 is 5.32 Å². The normalized spacial score (nSPS) is 26.0. The van der Waals surface area contributed by atoms with E-state index in [4.69, 9.17) is 0 Å². The predicted octanol–water partition coefficient (Wildman–Crippen LogP) is 2.40. The van der Waals surface area contributed by atoms with E-state index in [9.17, 15) is 0 Å². The predicted molar refractivity (Wildman–Crippen MR) is 70.9 cm³/mol. The molecule has 0 bridgehead atoms. The van der Waals surface area contributed by atoms with E-state index in [1.807, 2.05) is 0 Å². The molecule has 2 aliphatic rings.